The number of hydrogen-bond donors (Lipinski definition) is 1. The van der Waals surface area contributed by atoms with Crippen LogP contribution in [0.15, 0.2) is 64.0 Å². The van der Waals surface area contributed by atoms with Crippen molar-refractivity contribution in [3.05, 3.63) is 65.9 Å². The molecule has 0 saturated carbocycles. The first kappa shape index (κ1) is 24.5. The number of nitrogens with zero attached hydrogens (tertiary/aromatic N) is 3. The molecule has 1 heterocycles. The maximum Gasteiger partial charge on any atom is 0.273 e. The van der Waals surface area contributed by atoms with Crippen LogP contribution in [0.3, 0.4) is 0 Å². The Kier molecular flexibility index (Phi) is 7.55. The second-order valence-corrected chi connectivity index (χ2v) is 10.5. The molecule has 0 fully saturated rings. The van der Waals surface area contributed by atoms with Crippen LogP contribution in [0.25, 0.3) is 11.3 Å². The van der Waals surface area contributed by atoms with E-state index in [-0.39, 0.29) is 28.3 Å². The van der Waals surface area contributed by atoms with Gasteiger partial charge in [-0.3, -0.25) is 4.79 Å². The maximum atomic E-state index is 12.7. The number of nitrogens with one attached hydrogen (secondary N) is 1. The molecule has 1 unspecified atom stereocenters. The van der Waals surface area contributed by atoms with E-state index in [2.05, 4.69) is 34.7 Å². The van der Waals surface area contributed by atoms with Crippen LogP contribution >= 0.6 is 0 Å². The van der Waals surface area contributed by atoms with E-state index < -0.39 is 9.84 Å². The third kappa shape index (κ3) is 5.80. The molecule has 9 heteroatoms. The average Bonchev–Trinajstić information content (AvgIpc) is 3.30. The molecule has 8 nitrogen and oxygen atoms in total. The Bertz CT molecular complexity index is 1180. The Hall–Kier alpha value is -3.17. The van der Waals surface area contributed by atoms with Crippen LogP contribution in [0.4, 0.5) is 5.69 Å². The summed E-state index contributed by atoms with van der Waals surface area (Å²) in [6.07, 6.45) is 0. The zero-order valence-electron chi connectivity index (χ0n) is 19.6. The lowest BCUT2D eigenvalue weighted by molar-refractivity contribution is 0.0933. The highest BCUT2D eigenvalue weighted by Gasteiger charge is 2.19. The summed E-state index contributed by atoms with van der Waals surface area (Å²) in [4.78, 5) is 17.0. The summed E-state index contributed by atoms with van der Waals surface area (Å²) in [6, 6.07) is 16.1. The Morgan fingerprint density at radius 1 is 1.03 bits per heavy atom. The molecule has 3 rings (SSSR count). The van der Waals surface area contributed by atoms with Crippen molar-refractivity contribution in [2.24, 2.45) is 0 Å². The molecule has 176 valence electrons. The molecular formula is C24H30N4O4S. The molecule has 0 aliphatic carbocycles. The van der Waals surface area contributed by atoms with Gasteiger partial charge in [0.25, 0.3) is 5.91 Å². The molecular weight excluding hydrogens is 440 g/mol. The summed E-state index contributed by atoms with van der Waals surface area (Å²) in [5.74, 6) is 0.0863. The van der Waals surface area contributed by atoms with Crippen LogP contribution in [0.5, 0.6) is 0 Å². The number of amides is 1. The van der Waals surface area contributed by atoms with Crippen LogP contribution in [0.2, 0.25) is 0 Å². The third-order valence-electron chi connectivity index (χ3n) is 5.49. The van der Waals surface area contributed by atoms with E-state index >= 15 is 0 Å². The van der Waals surface area contributed by atoms with E-state index in [1.807, 2.05) is 38.0 Å². The monoisotopic (exact) mass is 470 g/mol. The fourth-order valence-electron chi connectivity index (χ4n) is 3.38. The van der Waals surface area contributed by atoms with Crippen LogP contribution in [0, 0.1) is 0 Å². The molecule has 0 spiro atoms. The van der Waals surface area contributed by atoms with Crippen molar-refractivity contribution in [2.45, 2.75) is 17.9 Å². The molecule has 3 aromatic rings. The SMILES string of the molecule is CCS(=O)(=O)c1ccc(-c2cc(C(=O)NCC(c3ccc(N(C)C)cc3)N(C)C)no2)cc1. The van der Waals surface area contributed by atoms with Crippen molar-refractivity contribution < 1.29 is 17.7 Å². The summed E-state index contributed by atoms with van der Waals surface area (Å²) in [5, 5.41) is 6.81. The van der Waals surface area contributed by atoms with Gasteiger partial charge in [-0.05, 0) is 56.1 Å². The second-order valence-electron chi connectivity index (χ2n) is 8.18. The number of carbonyl (C=O) groups is 1. The molecule has 2 aromatic carbocycles. The number of aromatic nitrogens is 1. The molecule has 33 heavy (non-hydrogen) atoms. The highest BCUT2D eigenvalue weighted by atomic mass is 32.2. The van der Waals surface area contributed by atoms with Gasteiger partial charge in [-0.2, -0.15) is 0 Å². The van der Waals surface area contributed by atoms with Crippen LogP contribution < -0.4 is 10.2 Å². The van der Waals surface area contributed by atoms with Crippen LogP contribution in [0.1, 0.15) is 29.0 Å². The van der Waals surface area contributed by atoms with E-state index in [0.29, 0.717) is 17.9 Å². The largest absolute Gasteiger partial charge is 0.378 e. The van der Waals surface area contributed by atoms with Crippen molar-refractivity contribution in [1.29, 1.82) is 0 Å². The minimum atomic E-state index is -3.27. The summed E-state index contributed by atoms with van der Waals surface area (Å²) in [7, 11) is 4.64. The van der Waals surface area contributed by atoms with Crippen molar-refractivity contribution >= 4 is 21.4 Å². The van der Waals surface area contributed by atoms with Crippen molar-refractivity contribution in [1.82, 2.24) is 15.4 Å². The van der Waals surface area contributed by atoms with Gasteiger partial charge in [0.1, 0.15) is 0 Å². The van der Waals surface area contributed by atoms with Gasteiger partial charge in [-0.15, -0.1) is 0 Å². The lowest BCUT2D eigenvalue weighted by Crippen LogP contribution is -2.34. The molecule has 1 N–H and O–H groups in total. The van der Waals surface area contributed by atoms with Crippen LogP contribution in [-0.4, -0.2) is 64.9 Å². The lowest BCUT2D eigenvalue weighted by atomic mass is 10.1. The number of anilines is 1. The first-order valence-electron chi connectivity index (χ1n) is 10.6. The number of likely N-dealkylation sites (N-methyl/N-ethyl adjacent to an activating group) is 1. The Morgan fingerprint density at radius 3 is 2.21 bits per heavy atom. The number of rotatable bonds is 9. The summed E-state index contributed by atoms with van der Waals surface area (Å²) >= 11 is 0. The Labute approximate surface area is 195 Å². The standard InChI is InChI=1S/C24H30N4O4S/c1-6-33(30,31)20-13-9-18(10-14-20)23-15-21(26-32-23)24(29)25-16-22(28(4)5)17-7-11-19(12-8-17)27(2)3/h7-15,22H,6,16H2,1-5H3,(H,25,29). The summed E-state index contributed by atoms with van der Waals surface area (Å²) < 4.78 is 29.3. The quantitative estimate of drug-likeness (QED) is 0.513. The molecule has 1 aromatic heterocycles. The Morgan fingerprint density at radius 2 is 1.67 bits per heavy atom. The molecule has 1 atom stereocenters. The Balaban J connectivity index is 1.68. The van der Waals surface area contributed by atoms with E-state index in [1.165, 1.54) is 12.1 Å². The first-order chi connectivity index (χ1) is 15.6. The number of benzene rings is 2. The van der Waals surface area contributed by atoms with Gasteiger partial charge in [-0.1, -0.05) is 24.2 Å². The maximum absolute atomic E-state index is 12.7. The zero-order chi connectivity index (χ0) is 24.2. The van der Waals surface area contributed by atoms with Gasteiger partial charge in [-0.25, -0.2) is 8.42 Å². The molecule has 0 bridgehead atoms. The molecule has 0 aliphatic heterocycles. The normalized spacial score (nSPS) is 12.5. The van der Waals surface area contributed by atoms with Crippen LogP contribution in [-0.2, 0) is 9.84 Å². The fourth-order valence-corrected chi connectivity index (χ4v) is 4.27. The number of hydrogen-bond acceptors (Lipinski definition) is 7. The lowest BCUT2D eigenvalue weighted by Gasteiger charge is -2.25. The van der Waals surface area contributed by atoms with Crippen molar-refractivity contribution in [3.8, 4) is 11.3 Å². The van der Waals surface area contributed by atoms with Crippen molar-refractivity contribution in [3.63, 3.8) is 0 Å². The van der Waals surface area contributed by atoms with E-state index in [0.717, 1.165) is 11.3 Å². The van der Waals surface area contributed by atoms with Gasteiger partial charge >= 0.3 is 0 Å². The van der Waals surface area contributed by atoms with Gasteiger partial charge in [0, 0.05) is 38.0 Å². The van der Waals surface area contributed by atoms with Crippen molar-refractivity contribution in [2.75, 3.05) is 45.4 Å². The fraction of sp³-hybridized carbons (Fsp3) is 0.333. The topological polar surface area (TPSA) is 95.8 Å². The zero-order valence-corrected chi connectivity index (χ0v) is 20.4. The molecule has 0 saturated heterocycles. The average molecular weight is 471 g/mol. The molecule has 1 amide bonds. The van der Waals surface area contributed by atoms with E-state index in [1.54, 1.807) is 25.1 Å². The first-order valence-corrected chi connectivity index (χ1v) is 12.3. The smallest absolute Gasteiger partial charge is 0.273 e. The summed E-state index contributed by atoms with van der Waals surface area (Å²) in [5.41, 5.74) is 3.00. The molecule has 0 radical (unpaired) electrons. The predicted molar refractivity (Wildman–Crippen MR) is 129 cm³/mol. The van der Waals surface area contributed by atoms with Gasteiger partial charge in [0.15, 0.2) is 21.3 Å². The van der Waals surface area contributed by atoms with Gasteiger partial charge in [0.2, 0.25) is 0 Å². The van der Waals surface area contributed by atoms with E-state index in [9.17, 15) is 13.2 Å². The minimum absolute atomic E-state index is 0.00964. The highest BCUT2D eigenvalue weighted by Crippen LogP contribution is 2.24. The van der Waals surface area contributed by atoms with Gasteiger partial charge < -0.3 is 19.6 Å². The number of carbonyl (C=O) groups excluding carboxylic acids is 1. The highest BCUT2D eigenvalue weighted by molar-refractivity contribution is 7.91. The molecule has 0 aliphatic rings. The minimum Gasteiger partial charge on any atom is -0.378 e. The van der Waals surface area contributed by atoms with Gasteiger partial charge in [0.05, 0.1) is 16.7 Å². The van der Waals surface area contributed by atoms with E-state index in [4.69, 9.17) is 4.52 Å². The number of sulfone groups is 1. The third-order valence-corrected chi connectivity index (χ3v) is 7.24. The summed E-state index contributed by atoms with van der Waals surface area (Å²) in [6.45, 7) is 2.00. The predicted octanol–water partition coefficient (Wildman–Crippen LogP) is 3.23. The second kappa shape index (κ2) is 10.2.